The zero-order chi connectivity index (χ0) is 15.4. The van der Waals surface area contributed by atoms with E-state index in [1.807, 2.05) is 18.7 Å². The number of amides is 3. The van der Waals surface area contributed by atoms with Gasteiger partial charge in [-0.2, -0.15) is 0 Å². The van der Waals surface area contributed by atoms with Crippen LogP contribution in [0.1, 0.15) is 39.5 Å². The van der Waals surface area contributed by atoms with Crippen molar-refractivity contribution in [2.75, 3.05) is 26.7 Å². The molecule has 6 heteroatoms. The third-order valence-corrected chi connectivity index (χ3v) is 4.39. The van der Waals surface area contributed by atoms with Gasteiger partial charge in [0.2, 0.25) is 5.91 Å². The Labute approximate surface area is 127 Å². The van der Waals surface area contributed by atoms with Crippen molar-refractivity contribution in [2.24, 2.45) is 0 Å². The monoisotopic (exact) mass is 296 g/mol. The van der Waals surface area contributed by atoms with E-state index in [-0.39, 0.29) is 30.1 Å². The van der Waals surface area contributed by atoms with E-state index in [9.17, 15) is 9.59 Å². The average Bonchev–Trinajstić information content (AvgIpc) is 3.06. The Morgan fingerprint density at radius 2 is 1.90 bits per heavy atom. The molecule has 0 radical (unpaired) electrons. The quantitative estimate of drug-likeness (QED) is 0.806. The SMILES string of the molecule is CNC(=O)N1CCCC1CN1CCCC1C(=O)NC(C)C. The Kier molecular flexibility index (Phi) is 5.45. The van der Waals surface area contributed by atoms with Crippen molar-refractivity contribution in [1.29, 1.82) is 0 Å². The van der Waals surface area contributed by atoms with Crippen LogP contribution in [0.4, 0.5) is 4.79 Å². The molecule has 3 amide bonds. The lowest BCUT2D eigenvalue weighted by Crippen LogP contribution is -2.51. The molecule has 2 aliphatic rings. The van der Waals surface area contributed by atoms with Crippen LogP contribution in [0.25, 0.3) is 0 Å². The Morgan fingerprint density at radius 3 is 2.57 bits per heavy atom. The van der Waals surface area contributed by atoms with Crippen molar-refractivity contribution >= 4 is 11.9 Å². The molecule has 2 heterocycles. The van der Waals surface area contributed by atoms with Crippen LogP contribution in [0.3, 0.4) is 0 Å². The van der Waals surface area contributed by atoms with Gasteiger partial charge in [-0.1, -0.05) is 0 Å². The fourth-order valence-corrected chi connectivity index (χ4v) is 3.43. The maximum atomic E-state index is 12.3. The first-order chi connectivity index (χ1) is 10.0. The zero-order valence-electron chi connectivity index (χ0n) is 13.4. The molecule has 0 saturated carbocycles. The van der Waals surface area contributed by atoms with Crippen LogP contribution in [0.2, 0.25) is 0 Å². The molecule has 120 valence electrons. The lowest BCUT2D eigenvalue weighted by Gasteiger charge is -2.31. The standard InChI is InChI=1S/C15H28N4O2/c1-11(2)17-14(20)13-7-5-8-18(13)10-12-6-4-9-19(12)15(21)16-3/h11-13H,4-10H2,1-3H3,(H,16,21)(H,17,20). The molecule has 6 nitrogen and oxygen atoms in total. The fourth-order valence-electron chi connectivity index (χ4n) is 3.43. The summed E-state index contributed by atoms with van der Waals surface area (Å²) in [6.07, 6.45) is 4.06. The van der Waals surface area contributed by atoms with Gasteiger partial charge in [-0.3, -0.25) is 9.69 Å². The van der Waals surface area contributed by atoms with E-state index in [0.717, 1.165) is 45.3 Å². The first-order valence-electron chi connectivity index (χ1n) is 8.05. The van der Waals surface area contributed by atoms with Crippen LogP contribution in [0.5, 0.6) is 0 Å². The lowest BCUT2D eigenvalue weighted by molar-refractivity contribution is -0.126. The van der Waals surface area contributed by atoms with Gasteiger partial charge in [0.1, 0.15) is 0 Å². The molecule has 0 spiro atoms. The number of carbonyl (C=O) groups excluding carboxylic acids is 2. The summed E-state index contributed by atoms with van der Waals surface area (Å²) in [4.78, 5) is 28.3. The number of nitrogens with zero attached hydrogens (tertiary/aromatic N) is 2. The van der Waals surface area contributed by atoms with Crippen molar-refractivity contribution in [3.05, 3.63) is 0 Å². The van der Waals surface area contributed by atoms with Gasteiger partial charge in [0.05, 0.1) is 6.04 Å². The molecule has 2 N–H and O–H groups in total. The summed E-state index contributed by atoms with van der Waals surface area (Å²) >= 11 is 0. The first-order valence-corrected chi connectivity index (χ1v) is 8.05. The minimum atomic E-state index is -0.0282. The maximum absolute atomic E-state index is 12.3. The predicted octanol–water partition coefficient (Wildman–Crippen LogP) is 0.779. The summed E-state index contributed by atoms with van der Waals surface area (Å²) in [5.74, 6) is 0.131. The molecule has 0 aromatic heterocycles. The smallest absolute Gasteiger partial charge is 0.317 e. The van der Waals surface area contributed by atoms with Crippen LogP contribution in [-0.2, 0) is 4.79 Å². The summed E-state index contributed by atoms with van der Waals surface area (Å²) in [5.41, 5.74) is 0. The van der Waals surface area contributed by atoms with Gasteiger partial charge in [0, 0.05) is 32.2 Å². The number of carbonyl (C=O) groups is 2. The van der Waals surface area contributed by atoms with Crippen LogP contribution in [0, 0.1) is 0 Å². The lowest BCUT2D eigenvalue weighted by atomic mass is 10.1. The molecule has 2 unspecified atom stereocenters. The van der Waals surface area contributed by atoms with Gasteiger partial charge in [-0.25, -0.2) is 4.79 Å². The second-order valence-corrected chi connectivity index (χ2v) is 6.36. The fraction of sp³-hybridized carbons (Fsp3) is 0.867. The largest absolute Gasteiger partial charge is 0.353 e. The highest BCUT2D eigenvalue weighted by atomic mass is 16.2. The van der Waals surface area contributed by atoms with E-state index < -0.39 is 0 Å². The summed E-state index contributed by atoms with van der Waals surface area (Å²) < 4.78 is 0. The van der Waals surface area contributed by atoms with Gasteiger partial charge < -0.3 is 15.5 Å². The molecular formula is C15H28N4O2. The first kappa shape index (κ1) is 16.1. The van der Waals surface area contributed by atoms with Crippen molar-refractivity contribution in [3.63, 3.8) is 0 Å². The van der Waals surface area contributed by atoms with E-state index in [1.54, 1.807) is 7.05 Å². The number of rotatable bonds is 4. The van der Waals surface area contributed by atoms with Crippen LogP contribution >= 0.6 is 0 Å². The zero-order valence-corrected chi connectivity index (χ0v) is 13.4. The highest BCUT2D eigenvalue weighted by Crippen LogP contribution is 2.23. The molecule has 21 heavy (non-hydrogen) atoms. The maximum Gasteiger partial charge on any atom is 0.317 e. The van der Waals surface area contributed by atoms with E-state index in [4.69, 9.17) is 0 Å². The summed E-state index contributed by atoms with van der Waals surface area (Å²) in [5, 5.41) is 5.72. The molecule has 0 aromatic rings. The molecule has 2 saturated heterocycles. The molecule has 2 fully saturated rings. The second-order valence-electron chi connectivity index (χ2n) is 6.36. The van der Waals surface area contributed by atoms with Crippen molar-refractivity contribution < 1.29 is 9.59 Å². The third-order valence-electron chi connectivity index (χ3n) is 4.39. The van der Waals surface area contributed by atoms with Crippen LogP contribution < -0.4 is 10.6 Å². The van der Waals surface area contributed by atoms with E-state index in [2.05, 4.69) is 15.5 Å². The Balaban J connectivity index is 1.94. The summed E-state index contributed by atoms with van der Waals surface area (Å²) in [6, 6.07) is 0.380. The highest BCUT2D eigenvalue weighted by molar-refractivity contribution is 5.82. The topological polar surface area (TPSA) is 64.7 Å². The Hall–Kier alpha value is -1.30. The normalized spacial score (nSPS) is 26.4. The number of hydrogen-bond acceptors (Lipinski definition) is 3. The molecule has 2 rings (SSSR count). The minimum absolute atomic E-state index is 0.000112. The summed E-state index contributed by atoms with van der Waals surface area (Å²) in [6.45, 7) is 6.56. The summed E-state index contributed by atoms with van der Waals surface area (Å²) in [7, 11) is 1.67. The molecular weight excluding hydrogens is 268 g/mol. The minimum Gasteiger partial charge on any atom is -0.353 e. The number of likely N-dealkylation sites (tertiary alicyclic amines) is 2. The predicted molar refractivity (Wildman–Crippen MR) is 82.1 cm³/mol. The van der Waals surface area contributed by atoms with Crippen molar-refractivity contribution in [2.45, 2.75) is 57.7 Å². The highest BCUT2D eigenvalue weighted by Gasteiger charge is 2.36. The molecule has 0 bridgehead atoms. The van der Waals surface area contributed by atoms with E-state index in [0.29, 0.717) is 0 Å². The van der Waals surface area contributed by atoms with Gasteiger partial charge in [-0.15, -0.1) is 0 Å². The third kappa shape index (κ3) is 3.87. The van der Waals surface area contributed by atoms with Gasteiger partial charge in [0.15, 0.2) is 0 Å². The average molecular weight is 296 g/mol. The van der Waals surface area contributed by atoms with Gasteiger partial charge >= 0.3 is 6.03 Å². The molecule has 0 aliphatic carbocycles. The van der Waals surface area contributed by atoms with Crippen molar-refractivity contribution in [1.82, 2.24) is 20.4 Å². The Bertz CT molecular complexity index is 386. The van der Waals surface area contributed by atoms with E-state index >= 15 is 0 Å². The van der Waals surface area contributed by atoms with E-state index in [1.165, 1.54) is 0 Å². The van der Waals surface area contributed by atoms with Gasteiger partial charge in [-0.05, 0) is 46.1 Å². The number of hydrogen-bond donors (Lipinski definition) is 2. The molecule has 2 atom stereocenters. The molecule has 0 aromatic carbocycles. The van der Waals surface area contributed by atoms with Gasteiger partial charge in [0.25, 0.3) is 0 Å². The van der Waals surface area contributed by atoms with Crippen LogP contribution in [0.15, 0.2) is 0 Å². The second kappa shape index (κ2) is 7.11. The number of urea groups is 1. The van der Waals surface area contributed by atoms with Crippen LogP contribution in [-0.4, -0.2) is 66.5 Å². The van der Waals surface area contributed by atoms with Crippen molar-refractivity contribution in [3.8, 4) is 0 Å². The molecule has 2 aliphatic heterocycles. The number of nitrogens with one attached hydrogen (secondary N) is 2. The Morgan fingerprint density at radius 1 is 1.19 bits per heavy atom.